The number of imidazole rings is 2. The van der Waals surface area contributed by atoms with Crippen LogP contribution in [0.3, 0.4) is 0 Å². The zero-order valence-corrected chi connectivity index (χ0v) is 15.3. The first-order chi connectivity index (χ1) is 14.4. The first kappa shape index (κ1) is 14.9. The summed E-state index contributed by atoms with van der Waals surface area (Å²) in [5, 5.41) is 2.07. The number of benzene rings is 3. The van der Waals surface area contributed by atoms with Gasteiger partial charge in [0.05, 0.1) is 27.8 Å². The molecule has 0 saturated heterocycles. The minimum absolute atomic E-state index is 0.649. The van der Waals surface area contributed by atoms with E-state index in [2.05, 4.69) is 62.5 Å². The average molecular weight is 374 g/mol. The molecule has 7 rings (SSSR count). The molecule has 5 nitrogen and oxygen atoms in total. The molecule has 3 aromatic carbocycles. The van der Waals surface area contributed by atoms with E-state index in [1.54, 1.807) is 6.20 Å². The van der Waals surface area contributed by atoms with Crippen LogP contribution in [0.5, 0.6) is 0 Å². The van der Waals surface area contributed by atoms with E-state index in [0.717, 1.165) is 49.9 Å². The van der Waals surface area contributed by atoms with Gasteiger partial charge in [-0.05, 0) is 42.5 Å². The number of furan rings is 1. The molecule has 0 bridgehead atoms. The van der Waals surface area contributed by atoms with E-state index in [4.69, 9.17) is 9.40 Å². The molecule has 0 spiro atoms. The van der Waals surface area contributed by atoms with Gasteiger partial charge in [0.15, 0.2) is 5.58 Å². The Balaban J connectivity index is 1.72. The molecular formula is C24H14N4O. The fraction of sp³-hybridized carbons (Fsp3) is 0. The van der Waals surface area contributed by atoms with Gasteiger partial charge in [-0.3, -0.25) is 8.97 Å². The lowest BCUT2D eigenvalue weighted by molar-refractivity contribution is 0.651. The summed E-state index contributed by atoms with van der Waals surface area (Å²) in [4.78, 5) is 9.36. The predicted octanol–water partition coefficient (Wildman–Crippen LogP) is 5.73. The van der Waals surface area contributed by atoms with Crippen molar-refractivity contribution in [2.75, 3.05) is 0 Å². The number of rotatable bonds is 1. The number of hydrogen-bond donors (Lipinski definition) is 0. The molecule has 5 heteroatoms. The molecule has 136 valence electrons. The van der Waals surface area contributed by atoms with Crippen LogP contribution >= 0.6 is 0 Å². The smallest absolute Gasteiger partial charge is 0.227 e. The molecule has 0 unspecified atom stereocenters. The summed E-state index contributed by atoms with van der Waals surface area (Å²) in [7, 11) is 0. The van der Waals surface area contributed by atoms with Gasteiger partial charge in [0.25, 0.3) is 0 Å². The molecule has 0 radical (unpaired) electrons. The summed E-state index contributed by atoms with van der Waals surface area (Å²) in [6, 6.07) is 26.8. The summed E-state index contributed by atoms with van der Waals surface area (Å²) >= 11 is 0. The number of pyridine rings is 1. The van der Waals surface area contributed by atoms with Crippen molar-refractivity contribution in [2.24, 2.45) is 0 Å². The number of fused-ring (bicyclic) bond motifs is 8. The topological polar surface area (TPSA) is 48.3 Å². The Hall–Kier alpha value is -4.12. The summed E-state index contributed by atoms with van der Waals surface area (Å²) in [5.74, 6) is 0.869. The van der Waals surface area contributed by atoms with Crippen LogP contribution in [0.1, 0.15) is 0 Å². The number of aromatic nitrogens is 4. The Labute approximate surface area is 164 Å². The maximum absolute atomic E-state index is 6.21. The molecular weight excluding hydrogens is 360 g/mol. The van der Waals surface area contributed by atoms with Crippen molar-refractivity contribution in [1.82, 2.24) is 18.9 Å². The standard InChI is InChI=1S/C24H14N4O/c1-2-10-18-17(9-1)26-24-27(18)19-11-3-4-12-20(19)28(24)21-13-5-7-15-16-8-6-14-25-23(16)29-22(15)21/h1-14H. The molecule has 0 aliphatic carbocycles. The Bertz CT molecular complexity index is 1720. The molecule has 0 amide bonds. The molecule has 0 N–H and O–H groups in total. The first-order valence-electron chi connectivity index (χ1n) is 9.53. The van der Waals surface area contributed by atoms with Crippen LogP contribution in [0.2, 0.25) is 0 Å². The van der Waals surface area contributed by atoms with E-state index in [1.807, 2.05) is 30.3 Å². The van der Waals surface area contributed by atoms with E-state index in [1.165, 1.54) is 0 Å². The zero-order valence-electron chi connectivity index (χ0n) is 15.3. The van der Waals surface area contributed by atoms with Crippen molar-refractivity contribution in [2.45, 2.75) is 0 Å². The van der Waals surface area contributed by atoms with Crippen LogP contribution in [0.25, 0.3) is 55.6 Å². The summed E-state index contributed by atoms with van der Waals surface area (Å²) < 4.78 is 10.6. The molecule has 0 atom stereocenters. The van der Waals surface area contributed by atoms with Crippen molar-refractivity contribution in [3.63, 3.8) is 0 Å². The van der Waals surface area contributed by atoms with Crippen LogP contribution in [0.4, 0.5) is 0 Å². The number of hydrogen-bond acceptors (Lipinski definition) is 3. The lowest BCUT2D eigenvalue weighted by Crippen LogP contribution is -1.95. The second-order valence-corrected chi connectivity index (χ2v) is 7.17. The number of nitrogens with zero attached hydrogens (tertiary/aromatic N) is 4. The molecule has 0 aliphatic heterocycles. The van der Waals surface area contributed by atoms with E-state index < -0.39 is 0 Å². The Kier molecular flexibility index (Phi) is 2.68. The fourth-order valence-corrected chi connectivity index (χ4v) is 4.38. The summed E-state index contributed by atoms with van der Waals surface area (Å²) in [6.07, 6.45) is 1.76. The highest BCUT2D eigenvalue weighted by Crippen LogP contribution is 2.35. The van der Waals surface area contributed by atoms with Crippen molar-refractivity contribution in [3.05, 3.63) is 85.1 Å². The Morgan fingerprint density at radius 2 is 1.48 bits per heavy atom. The van der Waals surface area contributed by atoms with Crippen molar-refractivity contribution < 1.29 is 4.42 Å². The minimum Gasteiger partial charge on any atom is -0.435 e. The SMILES string of the molecule is c1ccc2c(c1)nc1n(-c3cccc4c3oc3ncccc34)c3ccccc3n21. The van der Waals surface area contributed by atoms with Gasteiger partial charge in [-0.1, -0.05) is 36.4 Å². The molecule has 4 aromatic heterocycles. The van der Waals surface area contributed by atoms with Gasteiger partial charge in [-0.15, -0.1) is 0 Å². The minimum atomic E-state index is 0.649. The largest absolute Gasteiger partial charge is 0.435 e. The average Bonchev–Trinajstić information content (AvgIpc) is 3.42. The monoisotopic (exact) mass is 374 g/mol. The van der Waals surface area contributed by atoms with Gasteiger partial charge >= 0.3 is 0 Å². The maximum atomic E-state index is 6.21. The number of para-hydroxylation sites is 5. The third-order valence-corrected chi connectivity index (χ3v) is 5.60. The van der Waals surface area contributed by atoms with Crippen LogP contribution in [-0.2, 0) is 0 Å². The quantitative estimate of drug-likeness (QED) is 0.369. The normalized spacial score (nSPS) is 12.1. The van der Waals surface area contributed by atoms with Gasteiger partial charge in [0, 0.05) is 17.0 Å². The van der Waals surface area contributed by atoms with Crippen LogP contribution < -0.4 is 0 Å². The third kappa shape index (κ3) is 1.84. The van der Waals surface area contributed by atoms with Crippen LogP contribution in [0.15, 0.2) is 89.5 Å². The van der Waals surface area contributed by atoms with Gasteiger partial charge < -0.3 is 4.42 Å². The second-order valence-electron chi connectivity index (χ2n) is 7.17. The Morgan fingerprint density at radius 1 is 0.690 bits per heavy atom. The van der Waals surface area contributed by atoms with Gasteiger partial charge in [-0.25, -0.2) is 9.97 Å². The van der Waals surface area contributed by atoms with Crippen LogP contribution in [0, 0.1) is 0 Å². The molecule has 0 fully saturated rings. The molecule has 29 heavy (non-hydrogen) atoms. The van der Waals surface area contributed by atoms with Gasteiger partial charge in [0.2, 0.25) is 11.5 Å². The molecule has 0 saturated carbocycles. The van der Waals surface area contributed by atoms with Gasteiger partial charge in [0.1, 0.15) is 0 Å². The van der Waals surface area contributed by atoms with Crippen LogP contribution in [-0.4, -0.2) is 18.9 Å². The third-order valence-electron chi connectivity index (χ3n) is 5.60. The van der Waals surface area contributed by atoms with E-state index in [9.17, 15) is 0 Å². The fourth-order valence-electron chi connectivity index (χ4n) is 4.38. The lowest BCUT2D eigenvalue weighted by atomic mass is 10.1. The predicted molar refractivity (Wildman–Crippen MR) is 115 cm³/mol. The molecule has 7 aromatic rings. The lowest BCUT2D eigenvalue weighted by Gasteiger charge is -2.05. The summed E-state index contributed by atoms with van der Waals surface area (Å²) in [5.41, 5.74) is 6.69. The highest BCUT2D eigenvalue weighted by atomic mass is 16.3. The summed E-state index contributed by atoms with van der Waals surface area (Å²) in [6.45, 7) is 0. The van der Waals surface area contributed by atoms with Crippen molar-refractivity contribution in [3.8, 4) is 5.69 Å². The van der Waals surface area contributed by atoms with E-state index in [-0.39, 0.29) is 0 Å². The molecule has 4 heterocycles. The maximum Gasteiger partial charge on any atom is 0.227 e. The van der Waals surface area contributed by atoms with E-state index in [0.29, 0.717) is 5.71 Å². The highest BCUT2D eigenvalue weighted by Gasteiger charge is 2.20. The van der Waals surface area contributed by atoms with E-state index >= 15 is 0 Å². The van der Waals surface area contributed by atoms with Crippen molar-refractivity contribution >= 4 is 49.9 Å². The second kappa shape index (κ2) is 5.23. The molecule has 0 aliphatic rings. The first-order valence-corrected chi connectivity index (χ1v) is 9.53. The Morgan fingerprint density at radius 3 is 2.41 bits per heavy atom. The van der Waals surface area contributed by atoms with Gasteiger partial charge in [-0.2, -0.15) is 0 Å². The zero-order chi connectivity index (χ0) is 18.9. The highest BCUT2D eigenvalue weighted by molar-refractivity contribution is 6.07. The van der Waals surface area contributed by atoms with Crippen molar-refractivity contribution in [1.29, 1.82) is 0 Å².